The molecule has 2 aromatic heterocycles. The summed E-state index contributed by atoms with van der Waals surface area (Å²) < 4.78 is 28.6. The van der Waals surface area contributed by atoms with Gasteiger partial charge in [-0.3, -0.25) is 9.78 Å². The van der Waals surface area contributed by atoms with E-state index in [2.05, 4.69) is 9.97 Å². The molecule has 1 saturated heterocycles. The third-order valence-corrected chi connectivity index (χ3v) is 5.54. The van der Waals surface area contributed by atoms with Crippen LogP contribution in [0.2, 0.25) is 0 Å². The second-order valence-corrected chi connectivity index (χ2v) is 7.53. The van der Waals surface area contributed by atoms with Gasteiger partial charge < -0.3 is 15.2 Å². The number of hydrogen-bond acceptors (Lipinski definition) is 4. The molecule has 3 aromatic rings. The fraction of sp³-hybridized carbons (Fsp3) is 0.381. The lowest BCUT2D eigenvalue weighted by atomic mass is 10.0. The van der Waals surface area contributed by atoms with Crippen LogP contribution in [0.25, 0.3) is 22.3 Å². The minimum Gasteiger partial charge on any atom is -0.338 e. The van der Waals surface area contributed by atoms with E-state index in [9.17, 15) is 13.6 Å². The van der Waals surface area contributed by atoms with Crippen LogP contribution in [0, 0.1) is 6.92 Å². The van der Waals surface area contributed by atoms with Crippen LogP contribution in [-0.4, -0.2) is 44.4 Å². The van der Waals surface area contributed by atoms with Crippen molar-refractivity contribution in [3.63, 3.8) is 0 Å². The number of hydrogen-bond donors (Lipinski definition) is 1. The number of benzene rings is 1. The number of carbonyl (C=O) groups is 1. The Hall–Kier alpha value is -2.87. The van der Waals surface area contributed by atoms with Gasteiger partial charge in [-0.05, 0) is 36.8 Å². The van der Waals surface area contributed by atoms with Crippen LogP contribution in [0.5, 0.6) is 0 Å². The Bertz CT molecular complexity index is 1060. The van der Waals surface area contributed by atoms with Crippen molar-refractivity contribution in [1.82, 2.24) is 19.4 Å². The molecule has 1 aromatic carbocycles. The molecule has 0 unspecified atom stereocenters. The number of aromatic nitrogens is 3. The molecular formula is C21H23F2N5O. The van der Waals surface area contributed by atoms with E-state index in [1.165, 1.54) is 11.1 Å². The number of halogens is 2. The molecule has 1 fully saturated rings. The second-order valence-electron chi connectivity index (χ2n) is 7.53. The van der Waals surface area contributed by atoms with Crippen LogP contribution >= 0.6 is 0 Å². The molecule has 0 atom stereocenters. The Morgan fingerprint density at radius 2 is 1.97 bits per heavy atom. The van der Waals surface area contributed by atoms with Crippen LogP contribution in [0.3, 0.4) is 0 Å². The second kappa shape index (κ2) is 7.18. The zero-order valence-corrected chi connectivity index (χ0v) is 16.5. The van der Waals surface area contributed by atoms with Gasteiger partial charge in [-0.2, -0.15) is 0 Å². The summed E-state index contributed by atoms with van der Waals surface area (Å²) in [6, 6.07) is 7.50. The highest BCUT2D eigenvalue weighted by molar-refractivity contribution is 5.94. The van der Waals surface area contributed by atoms with E-state index < -0.39 is 5.92 Å². The van der Waals surface area contributed by atoms with E-state index in [-0.39, 0.29) is 31.8 Å². The Morgan fingerprint density at radius 1 is 1.24 bits per heavy atom. The smallest absolute Gasteiger partial charge is 0.255 e. The molecule has 6 nitrogen and oxygen atoms in total. The number of likely N-dealkylation sites (tertiary alicyclic amines) is 1. The average molecular weight is 399 g/mol. The Morgan fingerprint density at radius 3 is 2.59 bits per heavy atom. The van der Waals surface area contributed by atoms with E-state index >= 15 is 0 Å². The predicted octanol–water partition coefficient (Wildman–Crippen LogP) is 3.27. The molecule has 3 heterocycles. The summed E-state index contributed by atoms with van der Waals surface area (Å²) in [6.07, 6.45) is 0.927. The van der Waals surface area contributed by atoms with Crippen molar-refractivity contribution >= 4 is 16.9 Å². The number of aryl methyl sites for hydroxylation is 2. The lowest BCUT2D eigenvalue weighted by Gasteiger charge is -2.31. The fourth-order valence-corrected chi connectivity index (χ4v) is 3.75. The molecule has 2 N–H and O–H groups in total. The summed E-state index contributed by atoms with van der Waals surface area (Å²) in [5, 5.41) is 0. The molecule has 8 heteroatoms. The largest absolute Gasteiger partial charge is 0.338 e. The zero-order chi connectivity index (χ0) is 20.8. The van der Waals surface area contributed by atoms with Crippen molar-refractivity contribution in [1.29, 1.82) is 0 Å². The first-order valence-corrected chi connectivity index (χ1v) is 9.58. The van der Waals surface area contributed by atoms with Gasteiger partial charge in [0.25, 0.3) is 11.8 Å². The van der Waals surface area contributed by atoms with Gasteiger partial charge >= 0.3 is 0 Å². The van der Waals surface area contributed by atoms with Gasteiger partial charge in [-0.1, -0.05) is 0 Å². The van der Waals surface area contributed by atoms with Gasteiger partial charge in [0.1, 0.15) is 5.82 Å². The first kappa shape index (κ1) is 19.4. The normalized spacial score (nSPS) is 16.4. The summed E-state index contributed by atoms with van der Waals surface area (Å²) in [5.74, 6) is -2.13. The number of carbonyl (C=O) groups excluding carboxylic acids is 1. The summed E-state index contributed by atoms with van der Waals surface area (Å²) in [5.41, 5.74) is 10.7. The van der Waals surface area contributed by atoms with Crippen LogP contribution in [0.1, 0.15) is 34.6 Å². The lowest BCUT2D eigenvalue weighted by Crippen LogP contribution is -2.42. The molecule has 0 aliphatic carbocycles. The van der Waals surface area contributed by atoms with Crippen LogP contribution in [-0.2, 0) is 13.6 Å². The molecule has 1 aliphatic rings. The number of nitrogens with two attached hydrogens (primary N) is 1. The van der Waals surface area contributed by atoms with Crippen molar-refractivity contribution < 1.29 is 13.6 Å². The number of imidazole rings is 1. The molecular weight excluding hydrogens is 376 g/mol. The van der Waals surface area contributed by atoms with Crippen LogP contribution in [0.4, 0.5) is 8.78 Å². The molecule has 4 rings (SSSR count). The highest BCUT2D eigenvalue weighted by atomic mass is 19.3. The molecule has 0 radical (unpaired) electrons. The maximum absolute atomic E-state index is 13.3. The maximum atomic E-state index is 13.3. The van der Waals surface area contributed by atoms with Crippen molar-refractivity contribution in [3.8, 4) is 11.3 Å². The average Bonchev–Trinajstić information content (AvgIpc) is 3.04. The van der Waals surface area contributed by atoms with Gasteiger partial charge in [0.2, 0.25) is 0 Å². The minimum atomic E-state index is -2.68. The Labute approximate surface area is 167 Å². The summed E-state index contributed by atoms with van der Waals surface area (Å²) in [7, 11) is 1.93. The number of fused-ring (bicyclic) bond motifs is 1. The molecule has 0 spiro atoms. The van der Waals surface area contributed by atoms with Gasteiger partial charge in [0.05, 0.1) is 28.8 Å². The number of amides is 1. The van der Waals surface area contributed by atoms with Gasteiger partial charge in [-0.25, -0.2) is 13.8 Å². The molecule has 29 heavy (non-hydrogen) atoms. The molecule has 0 bridgehead atoms. The Balaban J connectivity index is 1.59. The van der Waals surface area contributed by atoms with E-state index in [4.69, 9.17) is 5.73 Å². The molecule has 0 saturated carbocycles. The maximum Gasteiger partial charge on any atom is 0.255 e. The lowest BCUT2D eigenvalue weighted by molar-refractivity contribution is -0.0494. The fourth-order valence-electron chi connectivity index (χ4n) is 3.75. The topological polar surface area (TPSA) is 77.0 Å². The van der Waals surface area contributed by atoms with Gasteiger partial charge in [0, 0.05) is 44.7 Å². The van der Waals surface area contributed by atoms with E-state index in [0.29, 0.717) is 12.1 Å². The third kappa shape index (κ3) is 3.60. The third-order valence-electron chi connectivity index (χ3n) is 5.54. The minimum absolute atomic E-state index is 0.0629. The summed E-state index contributed by atoms with van der Waals surface area (Å²) >= 11 is 0. The van der Waals surface area contributed by atoms with Crippen molar-refractivity contribution in [3.05, 3.63) is 47.4 Å². The van der Waals surface area contributed by atoms with Gasteiger partial charge in [-0.15, -0.1) is 0 Å². The van der Waals surface area contributed by atoms with E-state index in [1.54, 1.807) is 12.1 Å². The first-order valence-electron chi connectivity index (χ1n) is 9.58. The Kier molecular flexibility index (Phi) is 4.82. The first-order chi connectivity index (χ1) is 13.8. The summed E-state index contributed by atoms with van der Waals surface area (Å²) in [4.78, 5) is 23.1. The molecule has 152 valence electrons. The number of pyridine rings is 1. The standard InChI is InChI=1S/C21H23F2N5O/c1-13-9-15(10-17-19(13)26-18(11-24)27(17)2)16-4-3-14(12-25-16)20(29)28-7-5-21(22,23)6-8-28/h3-4,9-10,12H,5-8,11,24H2,1-2H3. The van der Waals surface area contributed by atoms with E-state index in [0.717, 1.165) is 33.7 Å². The van der Waals surface area contributed by atoms with Crippen LogP contribution < -0.4 is 5.73 Å². The predicted molar refractivity (Wildman–Crippen MR) is 107 cm³/mol. The highest BCUT2D eigenvalue weighted by Crippen LogP contribution is 2.29. The molecule has 1 aliphatic heterocycles. The van der Waals surface area contributed by atoms with Crippen molar-refractivity contribution in [2.45, 2.75) is 32.2 Å². The quantitative estimate of drug-likeness (QED) is 0.733. The zero-order valence-electron chi connectivity index (χ0n) is 16.5. The monoisotopic (exact) mass is 399 g/mol. The number of piperidine rings is 1. The van der Waals surface area contributed by atoms with E-state index in [1.807, 2.05) is 30.7 Å². The van der Waals surface area contributed by atoms with Crippen molar-refractivity contribution in [2.24, 2.45) is 12.8 Å². The van der Waals surface area contributed by atoms with Crippen molar-refractivity contribution in [2.75, 3.05) is 13.1 Å². The number of nitrogens with zero attached hydrogens (tertiary/aromatic N) is 4. The number of rotatable bonds is 3. The van der Waals surface area contributed by atoms with Gasteiger partial charge in [0.15, 0.2) is 0 Å². The van der Waals surface area contributed by atoms with Crippen LogP contribution in [0.15, 0.2) is 30.5 Å². The highest BCUT2D eigenvalue weighted by Gasteiger charge is 2.35. The molecule has 1 amide bonds. The SMILES string of the molecule is Cc1cc(-c2ccc(C(=O)N3CCC(F)(F)CC3)cn2)cc2c1nc(CN)n2C. The number of alkyl halides is 2. The summed E-state index contributed by atoms with van der Waals surface area (Å²) in [6.45, 7) is 2.47.